The second-order valence-corrected chi connectivity index (χ2v) is 9.01. The summed E-state index contributed by atoms with van der Waals surface area (Å²) in [6, 6.07) is 15.5. The molecular formula is C25H25ClN2O3S. The first-order valence-corrected chi connectivity index (χ1v) is 12.0. The van der Waals surface area contributed by atoms with Crippen molar-refractivity contribution in [1.82, 2.24) is 9.47 Å². The Bertz CT molecular complexity index is 1170. The number of ether oxygens (including phenoxy) is 1. The lowest BCUT2D eigenvalue weighted by atomic mass is 10.1. The van der Waals surface area contributed by atoms with Crippen molar-refractivity contribution in [2.45, 2.75) is 32.7 Å². The van der Waals surface area contributed by atoms with E-state index in [1.165, 1.54) is 4.90 Å². The quantitative estimate of drug-likeness (QED) is 0.262. The molecule has 0 bridgehead atoms. The Labute approximate surface area is 197 Å². The maximum absolute atomic E-state index is 12.7. The first kappa shape index (κ1) is 22.5. The third kappa shape index (κ3) is 4.87. The zero-order valence-corrected chi connectivity index (χ0v) is 19.5. The van der Waals surface area contributed by atoms with Gasteiger partial charge in [0.15, 0.2) is 0 Å². The molecular weight excluding hydrogens is 444 g/mol. The smallest absolute Gasteiger partial charge is 0.293 e. The number of nitrogens with zero attached hydrogens (tertiary/aromatic N) is 2. The molecule has 1 saturated heterocycles. The second kappa shape index (κ2) is 10.3. The fourth-order valence-electron chi connectivity index (χ4n) is 3.70. The molecule has 2 amide bonds. The van der Waals surface area contributed by atoms with Crippen molar-refractivity contribution in [2.24, 2.45) is 0 Å². The minimum Gasteiger partial charge on any atom is -0.492 e. The molecule has 0 spiro atoms. The number of imide groups is 1. The highest BCUT2D eigenvalue weighted by atomic mass is 35.5. The molecule has 1 fully saturated rings. The molecule has 1 aliphatic heterocycles. The Morgan fingerprint density at radius 2 is 1.81 bits per heavy atom. The van der Waals surface area contributed by atoms with Gasteiger partial charge in [0.25, 0.3) is 11.1 Å². The molecule has 0 unspecified atom stereocenters. The average molecular weight is 469 g/mol. The largest absolute Gasteiger partial charge is 0.492 e. The molecule has 0 aliphatic carbocycles. The monoisotopic (exact) mass is 468 g/mol. The predicted molar refractivity (Wildman–Crippen MR) is 131 cm³/mol. The van der Waals surface area contributed by atoms with Gasteiger partial charge in [0.2, 0.25) is 0 Å². The summed E-state index contributed by atoms with van der Waals surface area (Å²) in [6.45, 7) is 3.83. The minimum atomic E-state index is -0.196. The standard InChI is InChI=1S/C25H25ClN2O3S/c1-2-3-14-28-24(29)23(32-25(28)30)16-18-17-27(21-11-6-4-9-19(18)21)13-8-15-31-22-12-7-5-10-20(22)26/h4-7,9-12,16-17H,2-3,8,13-15H2,1H3/b23-16-. The predicted octanol–water partition coefficient (Wildman–Crippen LogP) is 6.60. The zero-order chi connectivity index (χ0) is 22.5. The number of rotatable bonds is 9. The number of amides is 2. The summed E-state index contributed by atoms with van der Waals surface area (Å²) in [5.74, 6) is 0.490. The Morgan fingerprint density at radius 3 is 2.62 bits per heavy atom. The second-order valence-electron chi connectivity index (χ2n) is 7.61. The van der Waals surface area contributed by atoms with Crippen molar-refractivity contribution in [1.29, 1.82) is 0 Å². The number of aryl methyl sites for hydroxylation is 1. The molecule has 0 saturated carbocycles. The van der Waals surface area contributed by atoms with E-state index in [9.17, 15) is 9.59 Å². The van der Waals surface area contributed by atoms with Gasteiger partial charge in [-0.05, 0) is 48.9 Å². The van der Waals surface area contributed by atoms with Crippen molar-refractivity contribution in [2.75, 3.05) is 13.2 Å². The highest BCUT2D eigenvalue weighted by Crippen LogP contribution is 2.34. The van der Waals surface area contributed by atoms with Gasteiger partial charge in [0, 0.05) is 35.8 Å². The topological polar surface area (TPSA) is 51.5 Å². The van der Waals surface area contributed by atoms with Gasteiger partial charge in [-0.15, -0.1) is 0 Å². The minimum absolute atomic E-state index is 0.185. The van der Waals surface area contributed by atoms with Gasteiger partial charge in [-0.1, -0.05) is 55.3 Å². The molecule has 1 aromatic heterocycles. The number of carbonyl (C=O) groups excluding carboxylic acids is 2. The van der Waals surface area contributed by atoms with Crippen LogP contribution < -0.4 is 4.74 Å². The van der Waals surface area contributed by atoms with Crippen molar-refractivity contribution in [3.05, 3.63) is 70.2 Å². The molecule has 32 heavy (non-hydrogen) atoms. The van der Waals surface area contributed by atoms with Crippen molar-refractivity contribution < 1.29 is 14.3 Å². The Kier molecular flexibility index (Phi) is 7.22. The van der Waals surface area contributed by atoms with E-state index in [1.54, 1.807) is 0 Å². The molecule has 1 aliphatic rings. The molecule has 7 heteroatoms. The van der Waals surface area contributed by atoms with E-state index in [-0.39, 0.29) is 11.1 Å². The van der Waals surface area contributed by atoms with Crippen LogP contribution in [0, 0.1) is 0 Å². The lowest BCUT2D eigenvalue weighted by molar-refractivity contribution is -0.122. The van der Waals surface area contributed by atoms with Gasteiger partial charge >= 0.3 is 0 Å². The van der Waals surface area contributed by atoms with Gasteiger partial charge in [0.1, 0.15) is 5.75 Å². The van der Waals surface area contributed by atoms with E-state index in [0.717, 1.165) is 54.0 Å². The third-order valence-electron chi connectivity index (χ3n) is 5.35. The van der Waals surface area contributed by atoms with Crippen LogP contribution >= 0.6 is 23.4 Å². The molecule has 3 aromatic rings. The van der Waals surface area contributed by atoms with Crippen molar-refractivity contribution in [3.8, 4) is 5.75 Å². The number of fused-ring (bicyclic) bond motifs is 1. The summed E-state index contributed by atoms with van der Waals surface area (Å²) < 4.78 is 7.97. The number of unbranched alkanes of at least 4 members (excludes halogenated alkanes) is 1. The first-order valence-electron chi connectivity index (χ1n) is 10.8. The molecule has 2 heterocycles. The number of para-hydroxylation sites is 2. The first-order chi connectivity index (χ1) is 15.6. The van der Waals surface area contributed by atoms with Gasteiger partial charge in [-0.3, -0.25) is 14.5 Å². The van der Waals surface area contributed by atoms with Crippen LogP contribution in [0.25, 0.3) is 17.0 Å². The highest BCUT2D eigenvalue weighted by Gasteiger charge is 2.34. The number of carbonyl (C=O) groups is 2. The maximum atomic E-state index is 12.7. The van der Waals surface area contributed by atoms with Crippen LogP contribution in [0.15, 0.2) is 59.6 Å². The number of benzene rings is 2. The van der Waals surface area contributed by atoms with Crippen molar-refractivity contribution in [3.63, 3.8) is 0 Å². The summed E-state index contributed by atoms with van der Waals surface area (Å²) in [7, 11) is 0. The fourth-order valence-corrected chi connectivity index (χ4v) is 4.75. The van der Waals surface area contributed by atoms with E-state index >= 15 is 0 Å². The lowest BCUT2D eigenvalue weighted by Crippen LogP contribution is -2.29. The Morgan fingerprint density at radius 1 is 1.03 bits per heavy atom. The number of thioether (sulfide) groups is 1. The molecule has 166 valence electrons. The Hall–Kier alpha value is -2.70. The molecule has 0 N–H and O–H groups in total. The van der Waals surface area contributed by atoms with Gasteiger partial charge < -0.3 is 9.30 Å². The van der Waals surface area contributed by atoms with E-state index in [2.05, 4.69) is 10.6 Å². The molecule has 0 radical (unpaired) electrons. The van der Waals surface area contributed by atoms with E-state index < -0.39 is 0 Å². The normalized spacial score (nSPS) is 15.3. The number of aromatic nitrogens is 1. The average Bonchev–Trinajstić information content (AvgIpc) is 3.28. The SMILES string of the molecule is CCCCN1C(=O)S/C(=C\c2cn(CCCOc3ccccc3Cl)c3ccccc23)C1=O. The van der Waals surface area contributed by atoms with Crippen LogP contribution in [0.3, 0.4) is 0 Å². The summed E-state index contributed by atoms with van der Waals surface area (Å²) in [4.78, 5) is 26.8. The molecule has 0 atom stereocenters. The summed E-state index contributed by atoms with van der Waals surface area (Å²) in [5.41, 5.74) is 2.02. The number of halogens is 1. The third-order valence-corrected chi connectivity index (χ3v) is 6.57. The number of hydrogen-bond acceptors (Lipinski definition) is 4. The fraction of sp³-hybridized carbons (Fsp3) is 0.280. The van der Waals surface area contributed by atoms with Crippen LogP contribution in [-0.4, -0.2) is 33.8 Å². The summed E-state index contributed by atoms with van der Waals surface area (Å²) >= 11 is 7.17. The van der Waals surface area contributed by atoms with E-state index in [1.807, 2.05) is 61.7 Å². The van der Waals surface area contributed by atoms with Gasteiger partial charge in [-0.2, -0.15) is 0 Å². The zero-order valence-electron chi connectivity index (χ0n) is 17.9. The van der Waals surface area contributed by atoms with Crippen LogP contribution in [0.5, 0.6) is 5.75 Å². The van der Waals surface area contributed by atoms with Gasteiger partial charge in [-0.25, -0.2) is 0 Å². The number of hydrogen-bond donors (Lipinski definition) is 0. The molecule has 2 aromatic carbocycles. The van der Waals surface area contributed by atoms with Gasteiger partial charge in [0.05, 0.1) is 16.5 Å². The molecule has 5 nitrogen and oxygen atoms in total. The lowest BCUT2D eigenvalue weighted by Gasteiger charge is -2.10. The highest BCUT2D eigenvalue weighted by molar-refractivity contribution is 8.18. The maximum Gasteiger partial charge on any atom is 0.293 e. The van der Waals surface area contributed by atoms with Crippen LogP contribution in [-0.2, 0) is 11.3 Å². The van der Waals surface area contributed by atoms with Crippen molar-refractivity contribution >= 4 is 51.5 Å². The summed E-state index contributed by atoms with van der Waals surface area (Å²) in [5, 5.41) is 1.48. The summed E-state index contributed by atoms with van der Waals surface area (Å²) in [6.07, 6.45) is 6.45. The van der Waals surface area contributed by atoms with E-state index in [4.69, 9.17) is 16.3 Å². The van der Waals surface area contributed by atoms with E-state index in [0.29, 0.717) is 28.8 Å². The van der Waals surface area contributed by atoms with Crippen LogP contribution in [0.1, 0.15) is 31.7 Å². The van der Waals surface area contributed by atoms with Crippen LogP contribution in [0.2, 0.25) is 5.02 Å². The van der Waals surface area contributed by atoms with Crippen LogP contribution in [0.4, 0.5) is 4.79 Å². The molecule has 4 rings (SSSR count). The Balaban J connectivity index is 1.49.